The summed E-state index contributed by atoms with van der Waals surface area (Å²) < 4.78 is 4.82. The van der Waals surface area contributed by atoms with Gasteiger partial charge in [0, 0.05) is 17.7 Å². The van der Waals surface area contributed by atoms with Gasteiger partial charge in [0.2, 0.25) is 5.95 Å². The molecule has 0 spiro atoms. The van der Waals surface area contributed by atoms with Crippen LogP contribution in [0.4, 0.5) is 5.95 Å². The number of fused-ring (bicyclic) bond motifs is 1. The van der Waals surface area contributed by atoms with Crippen LogP contribution in [0.2, 0.25) is 0 Å². The quantitative estimate of drug-likeness (QED) is 0.789. The van der Waals surface area contributed by atoms with Crippen LogP contribution >= 0.6 is 15.9 Å². The molecule has 0 bridgehead atoms. The van der Waals surface area contributed by atoms with E-state index < -0.39 is 0 Å². The maximum absolute atomic E-state index is 5.98. The van der Waals surface area contributed by atoms with E-state index in [0.29, 0.717) is 12.5 Å². The Balaban J connectivity index is 2.11. The van der Waals surface area contributed by atoms with Crippen LogP contribution in [-0.4, -0.2) is 19.3 Å². The zero-order valence-electron chi connectivity index (χ0n) is 9.84. The molecule has 0 aliphatic heterocycles. The first-order chi connectivity index (χ1) is 8.65. The summed E-state index contributed by atoms with van der Waals surface area (Å²) in [4.78, 5) is 4.37. The number of nitrogen functional groups attached to an aromatic ring is 1. The highest BCUT2D eigenvalue weighted by molar-refractivity contribution is 9.10. The number of aryl methyl sites for hydroxylation is 1. The minimum absolute atomic E-state index is 0.518. The molecule has 3 aromatic rings. The first-order valence-electron chi connectivity index (χ1n) is 5.53. The highest BCUT2D eigenvalue weighted by atomic mass is 79.9. The van der Waals surface area contributed by atoms with E-state index in [2.05, 4.69) is 26.0 Å². The third-order valence-corrected chi connectivity index (χ3v) is 3.48. The maximum atomic E-state index is 5.98. The fourth-order valence-corrected chi connectivity index (χ4v) is 2.36. The normalized spacial score (nSPS) is 11.2. The summed E-state index contributed by atoms with van der Waals surface area (Å²) in [5, 5.41) is 4.16. The van der Waals surface area contributed by atoms with Gasteiger partial charge in [-0.05, 0) is 24.3 Å². The zero-order chi connectivity index (χ0) is 12.7. The maximum Gasteiger partial charge on any atom is 0.201 e. The molecule has 1 aromatic carbocycles. The van der Waals surface area contributed by atoms with Crippen molar-refractivity contribution in [2.75, 3.05) is 5.73 Å². The number of anilines is 1. The minimum atomic E-state index is 0.518. The monoisotopic (exact) mass is 305 g/mol. The summed E-state index contributed by atoms with van der Waals surface area (Å²) in [6, 6.07) is 7.94. The van der Waals surface area contributed by atoms with Crippen LogP contribution in [-0.2, 0) is 13.6 Å². The summed E-state index contributed by atoms with van der Waals surface area (Å²) in [5.74, 6) is 0.518. The largest absolute Gasteiger partial charge is 0.369 e. The van der Waals surface area contributed by atoms with Crippen molar-refractivity contribution in [2.24, 2.45) is 7.05 Å². The second-order valence-electron chi connectivity index (χ2n) is 4.14. The van der Waals surface area contributed by atoms with Crippen LogP contribution in [0.5, 0.6) is 0 Å². The molecule has 18 heavy (non-hydrogen) atoms. The number of aromatic nitrogens is 4. The summed E-state index contributed by atoms with van der Waals surface area (Å²) in [7, 11) is 1.92. The molecule has 0 saturated carbocycles. The number of rotatable bonds is 2. The van der Waals surface area contributed by atoms with Gasteiger partial charge in [0.15, 0.2) is 0 Å². The highest BCUT2D eigenvalue weighted by Crippen LogP contribution is 2.22. The van der Waals surface area contributed by atoms with E-state index in [1.807, 2.05) is 40.6 Å². The molecule has 0 unspecified atom stereocenters. The smallest absolute Gasteiger partial charge is 0.201 e. The van der Waals surface area contributed by atoms with Gasteiger partial charge in [-0.2, -0.15) is 5.10 Å². The average molecular weight is 306 g/mol. The van der Waals surface area contributed by atoms with Crippen molar-refractivity contribution in [3.63, 3.8) is 0 Å². The minimum Gasteiger partial charge on any atom is -0.369 e. The van der Waals surface area contributed by atoms with Gasteiger partial charge >= 0.3 is 0 Å². The van der Waals surface area contributed by atoms with Crippen molar-refractivity contribution in [3.05, 3.63) is 40.6 Å². The fourth-order valence-electron chi connectivity index (χ4n) is 2.01. The molecular weight excluding hydrogens is 294 g/mol. The van der Waals surface area contributed by atoms with E-state index in [1.165, 1.54) is 0 Å². The number of hydrogen-bond donors (Lipinski definition) is 1. The number of halogens is 1. The molecule has 2 N–H and O–H groups in total. The Morgan fingerprint density at radius 1 is 1.33 bits per heavy atom. The van der Waals surface area contributed by atoms with Crippen molar-refractivity contribution >= 4 is 32.9 Å². The van der Waals surface area contributed by atoms with E-state index in [1.54, 1.807) is 6.20 Å². The second-order valence-corrected chi connectivity index (χ2v) is 5.05. The fraction of sp³-hybridized carbons (Fsp3) is 0.167. The number of hydrogen-bond acceptors (Lipinski definition) is 3. The third-order valence-electron chi connectivity index (χ3n) is 2.98. The topological polar surface area (TPSA) is 61.7 Å². The Hall–Kier alpha value is -1.82. The lowest BCUT2D eigenvalue weighted by Crippen LogP contribution is -2.08. The first-order valence-corrected chi connectivity index (χ1v) is 6.32. The molecule has 0 aliphatic carbocycles. The molecular formula is C12H12BrN5. The molecule has 0 amide bonds. The Bertz CT molecular complexity index is 712. The summed E-state index contributed by atoms with van der Waals surface area (Å²) in [6.45, 7) is 0.667. The molecule has 0 saturated heterocycles. The van der Waals surface area contributed by atoms with Gasteiger partial charge in [-0.1, -0.05) is 15.9 Å². The first kappa shape index (κ1) is 11.3. The van der Waals surface area contributed by atoms with E-state index in [0.717, 1.165) is 21.2 Å². The molecule has 2 aromatic heterocycles. The van der Waals surface area contributed by atoms with E-state index in [9.17, 15) is 0 Å². The number of nitrogens with two attached hydrogens (primary N) is 1. The van der Waals surface area contributed by atoms with Gasteiger partial charge in [0.05, 0.1) is 23.3 Å². The van der Waals surface area contributed by atoms with E-state index >= 15 is 0 Å². The van der Waals surface area contributed by atoms with Crippen molar-refractivity contribution in [2.45, 2.75) is 6.54 Å². The highest BCUT2D eigenvalue weighted by Gasteiger charge is 2.10. The molecule has 0 fully saturated rings. The van der Waals surface area contributed by atoms with Crippen molar-refractivity contribution in [1.29, 1.82) is 0 Å². The lowest BCUT2D eigenvalue weighted by atomic mass is 10.3. The van der Waals surface area contributed by atoms with Crippen LogP contribution < -0.4 is 5.73 Å². The van der Waals surface area contributed by atoms with Crippen molar-refractivity contribution < 1.29 is 0 Å². The molecule has 5 nitrogen and oxygen atoms in total. The number of imidazole rings is 1. The standard InChI is InChI=1S/C12H12BrN5/c1-17-9(4-5-15-17)7-18-11-3-2-8(13)6-10(11)16-12(18)14/h2-6H,7H2,1H3,(H2,14,16). The molecule has 0 aliphatic rings. The van der Waals surface area contributed by atoms with Crippen LogP contribution in [0.3, 0.4) is 0 Å². The molecule has 2 heterocycles. The van der Waals surface area contributed by atoms with Gasteiger partial charge in [0.1, 0.15) is 0 Å². The van der Waals surface area contributed by atoms with Gasteiger partial charge in [0.25, 0.3) is 0 Å². The second kappa shape index (κ2) is 4.13. The SMILES string of the molecule is Cn1nccc1Cn1c(N)nc2cc(Br)ccc21. The predicted molar refractivity (Wildman–Crippen MR) is 74.2 cm³/mol. The molecule has 0 atom stereocenters. The van der Waals surface area contributed by atoms with Gasteiger partial charge in [-0.3, -0.25) is 4.68 Å². The van der Waals surface area contributed by atoms with Gasteiger partial charge < -0.3 is 10.3 Å². The predicted octanol–water partition coefficient (Wildman–Crippen LogP) is 2.16. The third kappa shape index (κ3) is 1.78. The molecule has 6 heteroatoms. The molecule has 92 valence electrons. The van der Waals surface area contributed by atoms with Crippen LogP contribution in [0, 0.1) is 0 Å². The number of nitrogens with zero attached hydrogens (tertiary/aromatic N) is 4. The number of benzene rings is 1. The Kier molecular flexibility index (Phi) is 2.59. The van der Waals surface area contributed by atoms with E-state index in [4.69, 9.17) is 5.73 Å². The Morgan fingerprint density at radius 2 is 2.17 bits per heavy atom. The van der Waals surface area contributed by atoms with E-state index in [-0.39, 0.29) is 0 Å². The summed E-state index contributed by atoms with van der Waals surface area (Å²) in [6.07, 6.45) is 1.78. The van der Waals surface area contributed by atoms with Crippen molar-refractivity contribution in [3.8, 4) is 0 Å². The lowest BCUT2D eigenvalue weighted by Gasteiger charge is -2.06. The average Bonchev–Trinajstić information content (AvgIpc) is 2.85. The Morgan fingerprint density at radius 3 is 2.89 bits per heavy atom. The molecule has 0 radical (unpaired) electrons. The van der Waals surface area contributed by atoms with Crippen molar-refractivity contribution in [1.82, 2.24) is 19.3 Å². The van der Waals surface area contributed by atoms with Gasteiger partial charge in [-0.25, -0.2) is 4.98 Å². The Labute approximate surface area is 112 Å². The van der Waals surface area contributed by atoms with Crippen LogP contribution in [0.1, 0.15) is 5.69 Å². The lowest BCUT2D eigenvalue weighted by molar-refractivity contribution is 0.678. The molecule has 3 rings (SSSR count). The van der Waals surface area contributed by atoms with Crippen LogP contribution in [0.15, 0.2) is 34.9 Å². The summed E-state index contributed by atoms with van der Waals surface area (Å²) >= 11 is 3.43. The van der Waals surface area contributed by atoms with Crippen LogP contribution in [0.25, 0.3) is 11.0 Å². The van der Waals surface area contributed by atoms with Gasteiger partial charge in [-0.15, -0.1) is 0 Å². The summed E-state index contributed by atoms with van der Waals surface area (Å²) in [5.41, 5.74) is 8.98. The zero-order valence-corrected chi connectivity index (χ0v) is 11.4.